The number of carbonyl (C=O) groups is 3. The van der Waals surface area contributed by atoms with Crippen LogP contribution in [0, 0.1) is 0 Å². The van der Waals surface area contributed by atoms with Crippen molar-refractivity contribution in [2.45, 2.75) is 27.2 Å². The van der Waals surface area contributed by atoms with Gasteiger partial charge in [-0.05, 0) is 20.3 Å². The van der Waals surface area contributed by atoms with Crippen LogP contribution in [0.5, 0.6) is 0 Å². The zero-order valence-electron chi connectivity index (χ0n) is 12.5. The van der Waals surface area contributed by atoms with Crippen molar-refractivity contribution >= 4 is 17.9 Å². The molecule has 0 heterocycles. The van der Waals surface area contributed by atoms with E-state index in [1.807, 2.05) is 0 Å². The average molecular weight is 302 g/mol. The summed E-state index contributed by atoms with van der Waals surface area (Å²) in [6.45, 7) is 10.6. The van der Waals surface area contributed by atoms with Crippen molar-refractivity contribution in [3.05, 3.63) is 36.6 Å². The second kappa shape index (κ2) is 15.6. The lowest BCUT2D eigenvalue weighted by atomic mass is 10.2. The summed E-state index contributed by atoms with van der Waals surface area (Å²) < 4.78 is 4.17. The lowest BCUT2D eigenvalue weighted by Crippen LogP contribution is -1.95. The summed E-state index contributed by atoms with van der Waals surface area (Å²) in [7, 11) is 0. The van der Waals surface area contributed by atoms with Gasteiger partial charge in [0.25, 0.3) is 0 Å². The molecule has 0 saturated heterocycles. The van der Waals surface area contributed by atoms with E-state index >= 15 is 0 Å². The summed E-state index contributed by atoms with van der Waals surface area (Å²) in [6.07, 6.45) is 3.00. The molecule has 0 aromatic carbocycles. The van der Waals surface area contributed by atoms with E-state index in [0.717, 1.165) is 6.26 Å². The van der Waals surface area contributed by atoms with E-state index in [0.29, 0.717) is 6.42 Å². The van der Waals surface area contributed by atoms with Crippen LogP contribution in [-0.2, 0) is 19.1 Å². The van der Waals surface area contributed by atoms with E-state index in [2.05, 4.69) is 17.9 Å². The number of carbonyl (C=O) groups excluding carboxylic acids is 1. The highest BCUT2D eigenvalue weighted by Crippen LogP contribution is 1.93. The van der Waals surface area contributed by atoms with Crippen LogP contribution in [0.2, 0.25) is 0 Å². The molecule has 0 aromatic heterocycles. The molecule has 0 aliphatic heterocycles. The molecule has 0 bridgehead atoms. The zero-order valence-corrected chi connectivity index (χ0v) is 12.5. The molecule has 0 saturated carbocycles. The fourth-order valence-corrected chi connectivity index (χ4v) is 0.486. The molecule has 0 fully saturated rings. The van der Waals surface area contributed by atoms with Crippen molar-refractivity contribution < 1.29 is 34.4 Å². The predicted molar refractivity (Wildman–Crippen MR) is 77.5 cm³/mol. The van der Waals surface area contributed by atoms with E-state index < -0.39 is 11.9 Å². The van der Waals surface area contributed by atoms with Crippen LogP contribution in [0.3, 0.4) is 0 Å². The average Bonchev–Trinajstić information content (AvgIpc) is 2.36. The summed E-state index contributed by atoms with van der Waals surface area (Å²) in [4.78, 5) is 29.4. The van der Waals surface area contributed by atoms with Gasteiger partial charge in [-0.3, -0.25) is 4.79 Å². The van der Waals surface area contributed by atoms with Gasteiger partial charge >= 0.3 is 17.9 Å². The van der Waals surface area contributed by atoms with Gasteiger partial charge in [0.2, 0.25) is 0 Å². The monoisotopic (exact) mass is 302 g/mol. The SMILES string of the molecule is C=C(C)C(=O)O.C=COC(C)=O.CC(=CCCO)C(=O)O. The Bertz CT molecular complexity index is 382. The van der Waals surface area contributed by atoms with Crippen molar-refractivity contribution in [2.24, 2.45) is 0 Å². The number of hydrogen-bond donors (Lipinski definition) is 3. The zero-order chi connectivity index (χ0) is 17.4. The Morgan fingerprint density at radius 3 is 1.67 bits per heavy atom. The van der Waals surface area contributed by atoms with Gasteiger partial charge in [-0.1, -0.05) is 19.2 Å². The van der Waals surface area contributed by atoms with Gasteiger partial charge in [0.05, 0.1) is 6.26 Å². The first-order chi connectivity index (χ1) is 9.59. The molecule has 7 heteroatoms. The minimum absolute atomic E-state index is 0.00458. The van der Waals surface area contributed by atoms with Crippen LogP contribution in [0.15, 0.2) is 36.6 Å². The van der Waals surface area contributed by atoms with E-state index in [1.54, 1.807) is 0 Å². The molecule has 0 unspecified atom stereocenters. The van der Waals surface area contributed by atoms with Gasteiger partial charge in [-0.2, -0.15) is 0 Å². The number of carboxylic acid groups (broad SMARTS) is 2. The lowest BCUT2D eigenvalue weighted by Gasteiger charge is -1.89. The summed E-state index contributed by atoms with van der Waals surface area (Å²) in [5.74, 6) is -2.19. The topological polar surface area (TPSA) is 121 Å². The maximum atomic E-state index is 10.1. The molecule has 0 atom stereocenters. The highest BCUT2D eigenvalue weighted by Gasteiger charge is 1.96. The Morgan fingerprint density at radius 1 is 1.10 bits per heavy atom. The smallest absolute Gasteiger partial charge is 0.330 e. The Kier molecular flexibility index (Phi) is 17.6. The van der Waals surface area contributed by atoms with Crippen LogP contribution in [-0.4, -0.2) is 39.8 Å². The molecule has 0 rings (SSSR count). The third-order valence-corrected chi connectivity index (χ3v) is 1.53. The van der Waals surface area contributed by atoms with E-state index in [4.69, 9.17) is 15.3 Å². The van der Waals surface area contributed by atoms with Crippen LogP contribution in [0.4, 0.5) is 0 Å². The quantitative estimate of drug-likeness (QED) is 0.401. The number of esters is 1. The van der Waals surface area contributed by atoms with Gasteiger partial charge in [0.15, 0.2) is 0 Å². The normalized spacial score (nSPS) is 9.05. The van der Waals surface area contributed by atoms with Gasteiger partial charge in [0.1, 0.15) is 0 Å². The molecule has 0 amide bonds. The highest BCUT2D eigenvalue weighted by molar-refractivity contribution is 5.85. The largest absolute Gasteiger partial charge is 0.478 e. The molecule has 0 spiro atoms. The minimum atomic E-state index is -0.935. The fourth-order valence-electron chi connectivity index (χ4n) is 0.486. The fraction of sp³-hybridized carbons (Fsp3) is 0.357. The van der Waals surface area contributed by atoms with E-state index in [-0.39, 0.29) is 23.7 Å². The number of aliphatic hydroxyl groups is 1. The van der Waals surface area contributed by atoms with Gasteiger partial charge in [-0.15, -0.1) is 0 Å². The maximum absolute atomic E-state index is 10.1. The summed E-state index contributed by atoms with van der Waals surface area (Å²) in [5.41, 5.74) is 0.457. The Labute approximate surface area is 123 Å². The molecular weight excluding hydrogens is 280 g/mol. The third kappa shape index (κ3) is 27.0. The standard InChI is InChI=1S/C6H10O3.2C4H6O2/c1-5(6(8)9)3-2-4-7;1-3-6-4(2)5;1-3(2)4(5)6/h3,7H,2,4H2,1H3,(H,8,9);3H,1H2,2H3;1H2,2H3,(H,5,6). The van der Waals surface area contributed by atoms with Crippen LogP contribution in [0.1, 0.15) is 27.2 Å². The molecule has 21 heavy (non-hydrogen) atoms. The molecule has 120 valence electrons. The van der Waals surface area contributed by atoms with Gasteiger partial charge < -0.3 is 20.1 Å². The maximum Gasteiger partial charge on any atom is 0.330 e. The summed E-state index contributed by atoms with van der Waals surface area (Å²) >= 11 is 0. The Balaban J connectivity index is -0.000000240. The van der Waals surface area contributed by atoms with Crippen LogP contribution >= 0.6 is 0 Å². The van der Waals surface area contributed by atoms with Gasteiger partial charge in [0, 0.05) is 24.7 Å². The molecule has 0 aliphatic rings. The number of rotatable bonds is 5. The highest BCUT2D eigenvalue weighted by atomic mass is 16.5. The van der Waals surface area contributed by atoms with Crippen LogP contribution < -0.4 is 0 Å². The number of hydrogen-bond acceptors (Lipinski definition) is 5. The number of aliphatic carboxylic acids is 2. The molecule has 0 aromatic rings. The molecule has 3 N–H and O–H groups in total. The first-order valence-corrected chi connectivity index (χ1v) is 5.77. The van der Waals surface area contributed by atoms with Crippen molar-refractivity contribution in [3.8, 4) is 0 Å². The Morgan fingerprint density at radius 2 is 1.52 bits per heavy atom. The first-order valence-electron chi connectivity index (χ1n) is 5.77. The molecule has 0 aliphatic carbocycles. The van der Waals surface area contributed by atoms with E-state index in [9.17, 15) is 14.4 Å². The third-order valence-electron chi connectivity index (χ3n) is 1.53. The Hall–Kier alpha value is -2.41. The van der Waals surface area contributed by atoms with Crippen molar-refractivity contribution in [3.63, 3.8) is 0 Å². The minimum Gasteiger partial charge on any atom is -0.478 e. The number of aliphatic hydroxyl groups excluding tert-OH is 1. The molecular formula is C14H22O7. The number of ether oxygens (including phenoxy) is 1. The van der Waals surface area contributed by atoms with Crippen molar-refractivity contribution in [1.29, 1.82) is 0 Å². The second-order valence-corrected chi connectivity index (χ2v) is 3.57. The van der Waals surface area contributed by atoms with Gasteiger partial charge in [-0.25, -0.2) is 9.59 Å². The predicted octanol–water partition coefficient (Wildman–Crippen LogP) is 1.74. The van der Waals surface area contributed by atoms with Crippen LogP contribution in [0.25, 0.3) is 0 Å². The first kappa shape index (κ1) is 23.7. The number of carboxylic acids is 2. The molecule has 0 radical (unpaired) electrons. The lowest BCUT2D eigenvalue weighted by molar-refractivity contribution is -0.135. The second-order valence-electron chi connectivity index (χ2n) is 3.57. The molecule has 7 nitrogen and oxygen atoms in total. The summed E-state index contributed by atoms with van der Waals surface area (Å²) in [6, 6.07) is 0. The van der Waals surface area contributed by atoms with E-state index in [1.165, 1.54) is 26.8 Å². The van der Waals surface area contributed by atoms with Crippen molar-refractivity contribution in [1.82, 2.24) is 0 Å². The van der Waals surface area contributed by atoms with Crippen molar-refractivity contribution in [2.75, 3.05) is 6.61 Å². The summed E-state index contributed by atoms with van der Waals surface area (Å²) in [5, 5.41) is 24.4.